The van der Waals surface area contributed by atoms with E-state index < -0.39 is 0 Å². The van der Waals surface area contributed by atoms with Gasteiger partial charge in [0.05, 0.1) is 28.0 Å². The second kappa shape index (κ2) is 24.1. The van der Waals surface area contributed by atoms with Crippen molar-refractivity contribution in [2.24, 2.45) is 4.99 Å². The zero-order valence-electron chi connectivity index (χ0n) is 30.5. The molecule has 0 saturated carbocycles. The SMILES string of the molecule is CCC=CCC=CCC=CCCCCCCCC(=O)OCOC1=Nc2cc(OCCCCN3CCN(c4cccc(Cl)c4Cl)CC3)ccc2CC1. The lowest BCUT2D eigenvalue weighted by atomic mass is 10.0. The minimum Gasteiger partial charge on any atom is -0.494 e. The number of esters is 1. The Labute approximate surface area is 316 Å². The van der Waals surface area contributed by atoms with Gasteiger partial charge in [-0.2, -0.15) is 0 Å². The van der Waals surface area contributed by atoms with Crippen molar-refractivity contribution in [1.29, 1.82) is 0 Å². The summed E-state index contributed by atoms with van der Waals surface area (Å²) in [5, 5.41) is 1.24. The Bertz CT molecular complexity index is 1450. The first-order valence-corrected chi connectivity index (χ1v) is 19.8. The number of carbonyl (C=O) groups excluding carboxylic acids is 1. The van der Waals surface area contributed by atoms with Gasteiger partial charge in [-0.3, -0.25) is 9.69 Å². The van der Waals surface area contributed by atoms with Gasteiger partial charge in [-0.25, -0.2) is 4.99 Å². The number of halogens is 2. The Morgan fingerprint density at radius 3 is 2.41 bits per heavy atom. The second-order valence-corrected chi connectivity index (χ2v) is 13.9. The molecular weight excluding hydrogens is 681 g/mol. The van der Waals surface area contributed by atoms with Crippen LogP contribution in [-0.2, 0) is 20.7 Å². The van der Waals surface area contributed by atoms with Crippen LogP contribution in [0.3, 0.4) is 0 Å². The molecule has 1 saturated heterocycles. The number of piperazine rings is 1. The Kier molecular flexibility index (Phi) is 19.1. The fourth-order valence-electron chi connectivity index (χ4n) is 6.19. The van der Waals surface area contributed by atoms with E-state index in [0.29, 0.717) is 35.4 Å². The molecule has 2 aromatic rings. The van der Waals surface area contributed by atoms with Gasteiger partial charge in [0.1, 0.15) is 5.75 Å². The van der Waals surface area contributed by atoms with Crippen molar-refractivity contribution in [3.63, 3.8) is 0 Å². The predicted molar refractivity (Wildman–Crippen MR) is 213 cm³/mol. The van der Waals surface area contributed by atoms with Gasteiger partial charge in [0, 0.05) is 45.1 Å². The van der Waals surface area contributed by atoms with E-state index in [2.05, 4.69) is 64.2 Å². The summed E-state index contributed by atoms with van der Waals surface area (Å²) < 4.78 is 17.1. The van der Waals surface area contributed by atoms with Gasteiger partial charge in [-0.15, -0.1) is 0 Å². The molecule has 2 aliphatic heterocycles. The Morgan fingerprint density at radius 1 is 0.824 bits per heavy atom. The molecule has 0 unspecified atom stereocenters. The maximum atomic E-state index is 12.2. The summed E-state index contributed by atoms with van der Waals surface area (Å²) in [6, 6.07) is 11.9. The van der Waals surface area contributed by atoms with Crippen molar-refractivity contribution in [2.75, 3.05) is 51.0 Å². The highest BCUT2D eigenvalue weighted by molar-refractivity contribution is 6.43. The summed E-state index contributed by atoms with van der Waals surface area (Å²) in [5.41, 5.74) is 3.05. The molecule has 0 amide bonds. The molecule has 2 aliphatic rings. The van der Waals surface area contributed by atoms with Crippen molar-refractivity contribution in [1.82, 2.24) is 4.90 Å². The summed E-state index contributed by atoms with van der Waals surface area (Å²) in [4.78, 5) is 21.7. The number of fused-ring (bicyclic) bond motifs is 1. The summed E-state index contributed by atoms with van der Waals surface area (Å²) in [6.45, 7) is 7.66. The standard InChI is InChI=1S/C42H57Cl2N3O4/c1-2-3-4-5-6-7-8-9-10-11-12-13-14-15-16-22-41(48)51-34-50-40-26-24-35-23-25-36(33-38(35)45-40)49-32-18-17-27-46-28-30-47(31-29-46)39-21-19-20-37(43)42(39)44/h3-4,6-7,9-10,19-21,23,25,33H,2,5,8,11-18,22,24,26-32,34H2,1H3. The third-order valence-corrected chi connectivity index (χ3v) is 9.98. The van der Waals surface area contributed by atoms with Crippen molar-refractivity contribution in [3.8, 4) is 5.75 Å². The zero-order chi connectivity index (χ0) is 35.9. The van der Waals surface area contributed by atoms with Gasteiger partial charge in [-0.1, -0.05) is 98.0 Å². The number of nitrogens with zero attached hydrogens (tertiary/aromatic N) is 3. The summed E-state index contributed by atoms with van der Waals surface area (Å²) in [6.07, 6.45) is 27.1. The molecule has 278 valence electrons. The molecule has 51 heavy (non-hydrogen) atoms. The topological polar surface area (TPSA) is 63.6 Å². The molecule has 0 aromatic heterocycles. The number of rotatable bonds is 22. The van der Waals surface area contributed by atoms with Gasteiger partial charge in [0.25, 0.3) is 0 Å². The molecule has 0 atom stereocenters. The molecule has 1 fully saturated rings. The van der Waals surface area contributed by atoms with Gasteiger partial charge in [0.2, 0.25) is 6.79 Å². The first-order valence-electron chi connectivity index (χ1n) is 19.0. The lowest BCUT2D eigenvalue weighted by Gasteiger charge is -2.36. The van der Waals surface area contributed by atoms with Crippen molar-refractivity contribution >= 4 is 46.4 Å². The van der Waals surface area contributed by atoms with Crippen molar-refractivity contribution in [3.05, 3.63) is 88.5 Å². The number of aryl methyl sites for hydroxylation is 1. The highest BCUT2D eigenvalue weighted by atomic mass is 35.5. The predicted octanol–water partition coefficient (Wildman–Crippen LogP) is 11.1. The Balaban J connectivity index is 1.01. The van der Waals surface area contributed by atoms with Gasteiger partial charge in [0.15, 0.2) is 5.90 Å². The zero-order valence-corrected chi connectivity index (χ0v) is 32.0. The summed E-state index contributed by atoms with van der Waals surface area (Å²) in [5.74, 6) is 1.19. The van der Waals surface area contributed by atoms with Crippen LogP contribution in [0.25, 0.3) is 0 Å². The quantitative estimate of drug-likeness (QED) is 0.0519. The third kappa shape index (κ3) is 15.5. The number of unbranched alkanes of at least 4 members (excludes halogenated alkanes) is 6. The molecule has 2 heterocycles. The van der Waals surface area contributed by atoms with E-state index in [0.717, 1.165) is 114 Å². The minimum atomic E-state index is -0.214. The Hall–Kier alpha value is -3.26. The number of hydrogen-bond acceptors (Lipinski definition) is 7. The number of allylic oxidation sites excluding steroid dienone is 6. The molecule has 0 spiro atoms. The normalized spacial score (nSPS) is 15.1. The molecule has 2 aromatic carbocycles. The third-order valence-electron chi connectivity index (χ3n) is 9.17. The highest BCUT2D eigenvalue weighted by Gasteiger charge is 2.20. The van der Waals surface area contributed by atoms with Crippen LogP contribution in [0.2, 0.25) is 10.0 Å². The first-order chi connectivity index (χ1) is 25.0. The first kappa shape index (κ1) is 40.5. The molecule has 0 radical (unpaired) electrons. The summed E-state index contributed by atoms with van der Waals surface area (Å²) in [7, 11) is 0. The minimum absolute atomic E-state index is 0.0937. The highest BCUT2D eigenvalue weighted by Crippen LogP contribution is 2.33. The molecule has 0 bridgehead atoms. The maximum absolute atomic E-state index is 12.2. The van der Waals surface area contributed by atoms with Crippen molar-refractivity contribution in [2.45, 2.75) is 96.8 Å². The van der Waals surface area contributed by atoms with E-state index >= 15 is 0 Å². The molecule has 9 heteroatoms. The second-order valence-electron chi connectivity index (χ2n) is 13.1. The summed E-state index contributed by atoms with van der Waals surface area (Å²) >= 11 is 12.6. The fraction of sp³-hybridized carbons (Fsp3) is 0.524. The molecule has 0 N–H and O–H groups in total. The number of aliphatic imine (C=N–C) groups is 1. The maximum Gasteiger partial charge on any atom is 0.308 e. The van der Waals surface area contributed by atoms with Gasteiger partial charge < -0.3 is 19.1 Å². The molecule has 0 aliphatic carbocycles. The molecule has 7 nitrogen and oxygen atoms in total. The van der Waals surface area contributed by atoms with Crippen LogP contribution in [0.5, 0.6) is 5.75 Å². The van der Waals surface area contributed by atoms with Crippen LogP contribution in [0.1, 0.15) is 96.0 Å². The van der Waals surface area contributed by atoms with Crippen LogP contribution < -0.4 is 9.64 Å². The largest absolute Gasteiger partial charge is 0.494 e. The van der Waals surface area contributed by atoms with E-state index in [-0.39, 0.29) is 12.8 Å². The lowest BCUT2D eigenvalue weighted by Crippen LogP contribution is -2.46. The lowest BCUT2D eigenvalue weighted by molar-refractivity contribution is -0.151. The van der Waals surface area contributed by atoms with E-state index in [4.69, 9.17) is 37.4 Å². The number of anilines is 1. The van der Waals surface area contributed by atoms with Gasteiger partial charge >= 0.3 is 5.97 Å². The Morgan fingerprint density at radius 2 is 1.59 bits per heavy atom. The van der Waals surface area contributed by atoms with E-state index in [9.17, 15) is 4.79 Å². The van der Waals surface area contributed by atoms with Crippen LogP contribution in [0.15, 0.2) is 77.8 Å². The van der Waals surface area contributed by atoms with E-state index in [1.54, 1.807) is 0 Å². The smallest absolute Gasteiger partial charge is 0.308 e. The van der Waals surface area contributed by atoms with Crippen LogP contribution >= 0.6 is 23.2 Å². The number of carbonyl (C=O) groups is 1. The molecular formula is C42H57Cl2N3O4. The van der Waals surface area contributed by atoms with E-state index in [1.807, 2.05) is 30.3 Å². The molecule has 4 rings (SSSR count). The van der Waals surface area contributed by atoms with E-state index in [1.165, 1.54) is 18.4 Å². The van der Waals surface area contributed by atoms with Crippen LogP contribution in [0, 0.1) is 0 Å². The monoisotopic (exact) mass is 737 g/mol. The average molecular weight is 739 g/mol. The van der Waals surface area contributed by atoms with Gasteiger partial charge in [-0.05, 0) is 88.1 Å². The fourth-order valence-corrected chi connectivity index (χ4v) is 6.60. The van der Waals surface area contributed by atoms with Crippen LogP contribution in [0.4, 0.5) is 11.4 Å². The number of ether oxygens (including phenoxy) is 3. The number of hydrogen-bond donors (Lipinski definition) is 0. The average Bonchev–Trinajstić information content (AvgIpc) is 3.14. The van der Waals surface area contributed by atoms with Crippen LogP contribution in [-0.4, -0.2) is 62.9 Å². The van der Waals surface area contributed by atoms with Crippen molar-refractivity contribution < 1.29 is 19.0 Å². The number of benzene rings is 2.